The van der Waals surface area contributed by atoms with Crippen LogP contribution in [-0.4, -0.2) is 0 Å². The highest BCUT2D eigenvalue weighted by Crippen LogP contribution is 2.49. The molecular formula is C27H26F4O. The average molecular weight is 442 g/mol. The quantitative estimate of drug-likeness (QED) is 0.251. The van der Waals surface area contributed by atoms with Crippen LogP contribution in [0.4, 0.5) is 17.6 Å². The Kier molecular flexibility index (Phi) is 6.54. The summed E-state index contributed by atoms with van der Waals surface area (Å²) in [6.45, 7) is 2.21. The topological polar surface area (TPSA) is 9.23 Å². The largest absolute Gasteiger partial charge is 0.427 e. The first-order valence-corrected chi connectivity index (χ1v) is 11.2. The smallest absolute Gasteiger partial charge is 0.425 e. The normalized spacial score (nSPS) is 13.9. The number of hydrogen-bond donors (Lipinski definition) is 0. The molecule has 0 unspecified atom stereocenters. The van der Waals surface area contributed by atoms with Crippen LogP contribution in [0.5, 0.6) is 5.75 Å². The Bertz CT molecular complexity index is 1090. The van der Waals surface area contributed by atoms with Crippen molar-refractivity contribution < 1.29 is 22.3 Å². The molecule has 0 saturated carbocycles. The van der Waals surface area contributed by atoms with Gasteiger partial charge in [0.05, 0.1) is 5.56 Å². The van der Waals surface area contributed by atoms with Crippen molar-refractivity contribution in [3.8, 4) is 28.0 Å². The van der Waals surface area contributed by atoms with Crippen molar-refractivity contribution >= 4 is 0 Å². The van der Waals surface area contributed by atoms with E-state index in [0.717, 1.165) is 24.5 Å². The van der Waals surface area contributed by atoms with Crippen LogP contribution >= 0.6 is 0 Å². The minimum atomic E-state index is -3.76. The molecule has 32 heavy (non-hydrogen) atoms. The Balaban J connectivity index is 1.53. The third-order valence-corrected chi connectivity index (χ3v) is 6.01. The molecule has 0 atom stereocenters. The van der Waals surface area contributed by atoms with Crippen LogP contribution in [0.3, 0.4) is 0 Å². The molecule has 5 heteroatoms. The summed E-state index contributed by atoms with van der Waals surface area (Å²) in [6, 6.07) is 14.7. The minimum absolute atomic E-state index is 0.116. The molecule has 3 aromatic carbocycles. The Morgan fingerprint density at radius 3 is 2.16 bits per heavy atom. The summed E-state index contributed by atoms with van der Waals surface area (Å²) >= 11 is 0. The van der Waals surface area contributed by atoms with Gasteiger partial charge in [-0.15, -0.1) is 0 Å². The second kappa shape index (κ2) is 9.35. The second-order valence-corrected chi connectivity index (χ2v) is 8.33. The Labute approximate surface area is 186 Å². The number of ether oxygens (including phenoxy) is 1. The highest BCUT2D eigenvalue weighted by atomic mass is 19.3. The van der Waals surface area contributed by atoms with Crippen molar-refractivity contribution in [2.24, 2.45) is 0 Å². The van der Waals surface area contributed by atoms with Crippen LogP contribution < -0.4 is 4.74 Å². The van der Waals surface area contributed by atoms with E-state index in [0.29, 0.717) is 5.56 Å². The number of rotatable bonds is 8. The number of aryl methyl sites for hydroxylation is 1. The standard InChI is InChI=1S/C27H26F4O/c1-2-3-4-5-6-7-8-18-9-11-19(12-10-18)20-13-14-21-22-15-16-24(28)25(29)26(22)32-27(30,31)23(21)17-20/h9-17H,2-8H2,1H3. The van der Waals surface area contributed by atoms with Crippen LogP contribution in [-0.2, 0) is 12.5 Å². The van der Waals surface area contributed by atoms with Crippen LogP contribution in [0.25, 0.3) is 22.3 Å². The molecule has 1 nitrogen and oxygen atoms in total. The van der Waals surface area contributed by atoms with Gasteiger partial charge in [0, 0.05) is 5.56 Å². The second-order valence-electron chi connectivity index (χ2n) is 8.33. The molecule has 0 bridgehead atoms. The number of unbranched alkanes of at least 4 members (excludes halogenated alkanes) is 5. The third-order valence-electron chi connectivity index (χ3n) is 6.01. The van der Waals surface area contributed by atoms with Gasteiger partial charge in [-0.1, -0.05) is 75.4 Å². The van der Waals surface area contributed by atoms with Crippen LogP contribution in [0.15, 0.2) is 54.6 Å². The Hall–Kier alpha value is -2.82. The van der Waals surface area contributed by atoms with E-state index in [1.54, 1.807) is 6.07 Å². The first-order valence-electron chi connectivity index (χ1n) is 11.2. The van der Waals surface area contributed by atoms with Gasteiger partial charge < -0.3 is 4.74 Å². The SMILES string of the molecule is CCCCCCCCc1ccc(-c2ccc3c(c2)C(F)(F)Oc2c-3ccc(F)c2F)cc1. The van der Waals surface area contributed by atoms with E-state index in [1.165, 1.54) is 55.9 Å². The predicted octanol–water partition coefficient (Wildman–Crippen LogP) is 8.64. The van der Waals surface area contributed by atoms with Crippen LogP contribution in [0.1, 0.15) is 56.6 Å². The molecule has 0 fully saturated rings. The monoisotopic (exact) mass is 442 g/mol. The Morgan fingerprint density at radius 2 is 1.41 bits per heavy atom. The molecule has 0 saturated heterocycles. The summed E-state index contributed by atoms with van der Waals surface area (Å²) in [7, 11) is 0. The lowest BCUT2D eigenvalue weighted by Gasteiger charge is -2.28. The van der Waals surface area contributed by atoms with Crippen molar-refractivity contribution in [2.45, 2.75) is 58.0 Å². The predicted molar refractivity (Wildman–Crippen MR) is 119 cm³/mol. The van der Waals surface area contributed by atoms with E-state index in [4.69, 9.17) is 0 Å². The fraction of sp³-hybridized carbons (Fsp3) is 0.333. The summed E-state index contributed by atoms with van der Waals surface area (Å²) in [4.78, 5) is 0. The van der Waals surface area contributed by atoms with Crippen molar-refractivity contribution in [3.63, 3.8) is 0 Å². The maximum absolute atomic E-state index is 14.7. The van der Waals surface area contributed by atoms with E-state index in [9.17, 15) is 17.6 Å². The highest BCUT2D eigenvalue weighted by Gasteiger charge is 2.43. The maximum Gasteiger partial charge on any atom is 0.427 e. The van der Waals surface area contributed by atoms with E-state index < -0.39 is 23.5 Å². The van der Waals surface area contributed by atoms with Gasteiger partial charge in [0.25, 0.3) is 0 Å². The number of fused-ring (bicyclic) bond motifs is 3. The molecular weight excluding hydrogens is 416 g/mol. The zero-order chi connectivity index (χ0) is 22.7. The number of benzene rings is 3. The summed E-state index contributed by atoms with van der Waals surface area (Å²) < 4.78 is 61.5. The molecule has 1 heterocycles. The molecule has 0 aliphatic carbocycles. The summed E-state index contributed by atoms with van der Waals surface area (Å²) in [5.74, 6) is -3.38. The van der Waals surface area contributed by atoms with Gasteiger partial charge in [-0.25, -0.2) is 4.39 Å². The first-order chi connectivity index (χ1) is 15.4. The summed E-state index contributed by atoms with van der Waals surface area (Å²) in [5.41, 5.74) is 2.55. The molecule has 0 spiro atoms. The number of alkyl halides is 2. The van der Waals surface area contributed by atoms with E-state index in [1.807, 2.05) is 24.3 Å². The Morgan fingerprint density at radius 1 is 0.750 bits per heavy atom. The minimum Gasteiger partial charge on any atom is -0.425 e. The van der Waals surface area contributed by atoms with Gasteiger partial charge in [0.1, 0.15) is 0 Å². The lowest BCUT2D eigenvalue weighted by Crippen LogP contribution is -2.27. The van der Waals surface area contributed by atoms with E-state index in [2.05, 4.69) is 11.7 Å². The molecule has 0 radical (unpaired) electrons. The van der Waals surface area contributed by atoms with Crippen molar-refractivity contribution in [1.29, 1.82) is 0 Å². The molecule has 0 amide bonds. The average Bonchev–Trinajstić information content (AvgIpc) is 2.79. The summed E-state index contributed by atoms with van der Waals surface area (Å²) in [6.07, 6.45) is 4.67. The fourth-order valence-corrected chi connectivity index (χ4v) is 4.20. The molecule has 168 valence electrons. The van der Waals surface area contributed by atoms with Crippen molar-refractivity contribution in [3.05, 3.63) is 77.4 Å². The molecule has 1 aliphatic rings. The third kappa shape index (κ3) is 4.52. The highest BCUT2D eigenvalue weighted by molar-refractivity contribution is 5.79. The van der Waals surface area contributed by atoms with Gasteiger partial charge in [-0.2, -0.15) is 13.2 Å². The molecule has 3 aromatic rings. The van der Waals surface area contributed by atoms with E-state index in [-0.39, 0.29) is 16.7 Å². The van der Waals surface area contributed by atoms with Crippen LogP contribution in [0, 0.1) is 11.6 Å². The van der Waals surface area contributed by atoms with Gasteiger partial charge in [-0.3, -0.25) is 0 Å². The van der Waals surface area contributed by atoms with Gasteiger partial charge in [0.15, 0.2) is 11.6 Å². The zero-order valence-corrected chi connectivity index (χ0v) is 18.1. The van der Waals surface area contributed by atoms with Crippen LogP contribution in [0.2, 0.25) is 0 Å². The van der Waals surface area contributed by atoms with Crippen molar-refractivity contribution in [1.82, 2.24) is 0 Å². The molecule has 4 rings (SSSR count). The van der Waals surface area contributed by atoms with Gasteiger partial charge in [0.2, 0.25) is 5.82 Å². The van der Waals surface area contributed by atoms with E-state index >= 15 is 0 Å². The number of hydrogen-bond acceptors (Lipinski definition) is 1. The molecule has 0 N–H and O–H groups in total. The lowest BCUT2D eigenvalue weighted by atomic mass is 9.91. The number of halogens is 4. The summed E-state index contributed by atoms with van der Waals surface area (Å²) in [5, 5.41) is 0. The molecule has 0 aromatic heterocycles. The van der Waals surface area contributed by atoms with Gasteiger partial charge in [-0.05, 0) is 53.3 Å². The van der Waals surface area contributed by atoms with Gasteiger partial charge >= 0.3 is 6.11 Å². The molecule has 1 aliphatic heterocycles. The zero-order valence-electron chi connectivity index (χ0n) is 18.1. The first kappa shape index (κ1) is 22.4. The fourth-order valence-electron chi connectivity index (χ4n) is 4.20. The maximum atomic E-state index is 14.7. The lowest BCUT2D eigenvalue weighted by molar-refractivity contribution is -0.188. The van der Waals surface area contributed by atoms with Crippen molar-refractivity contribution in [2.75, 3.05) is 0 Å².